The number of carbonyl (C=O) groups excluding carboxylic acids is 1. The van der Waals surface area contributed by atoms with Gasteiger partial charge in [0.15, 0.2) is 5.78 Å². The number of aryl methyl sites for hydroxylation is 3. The van der Waals surface area contributed by atoms with Crippen LogP contribution in [-0.2, 0) is 6.42 Å². The third kappa shape index (κ3) is 4.97. The lowest BCUT2D eigenvalue weighted by Crippen LogP contribution is -2.04. The Labute approximate surface area is 192 Å². The van der Waals surface area contributed by atoms with Crippen molar-refractivity contribution >= 4 is 17.1 Å². The molecule has 0 saturated carbocycles. The summed E-state index contributed by atoms with van der Waals surface area (Å²) in [5, 5.41) is 8.27. The Bertz CT molecular complexity index is 1230. The van der Waals surface area contributed by atoms with Gasteiger partial charge in [-0.1, -0.05) is 19.9 Å². The van der Waals surface area contributed by atoms with Crippen LogP contribution in [0.3, 0.4) is 0 Å². The van der Waals surface area contributed by atoms with Gasteiger partial charge in [0.2, 0.25) is 0 Å². The van der Waals surface area contributed by atoms with Crippen molar-refractivity contribution in [3.63, 3.8) is 0 Å². The van der Waals surface area contributed by atoms with Crippen molar-refractivity contribution in [3.05, 3.63) is 81.6 Å². The highest BCUT2D eigenvalue weighted by Crippen LogP contribution is 2.34. The molecule has 0 radical (unpaired) electrons. The second-order valence-corrected chi connectivity index (χ2v) is 9.22. The number of nitrogens with zero attached hydrogens (tertiary/aromatic N) is 4. The van der Waals surface area contributed by atoms with Crippen molar-refractivity contribution in [1.29, 1.82) is 0 Å². The van der Waals surface area contributed by atoms with E-state index in [1.807, 2.05) is 62.0 Å². The van der Waals surface area contributed by atoms with Crippen molar-refractivity contribution in [2.75, 3.05) is 0 Å². The van der Waals surface area contributed by atoms with E-state index in [-0.39, 0.29) is 5.78 Å². The molecule has 0 aliphatic carbocycles. The van der Waals surface area contributed by atoms with Crippen LogP contribution in [0.15, 0.2) is 54.2 Å². The molecule has 3 aromatic heterocycles. The summed E-state index contributed by atoms with van der Waals surface area (Å²) in [4.78, 5) is 23.6. The van der Waals surface area contributed by atoms with E-state index < -0.39 is 0 Å². The summed E-state index contributed by atoms with van der Waals surface area (Å²) in [5.41, 5.74) is 8.99. The van der Waals surface area contributed by atoms with Crippen LogP contribution in [0.5, 0.6) is 0 Å². The van der Waals surface area contributed by atoms with Crippen LogP contribution in [0, 0.1) is 13.8 Å². The number of aromatic nitrogens is 4. The summed E-state index contributed by atoms with van der Waals surface area (Å²) in [6.45, 7) is 8.24. The Balaban J connectivity index is 1.71. The average Bonchev–Trinajstić information content (AvgIpc) is 3.29. The molecule has 1 aromatic carbocycles. The van der Waals surface area contributed by atoms with Gasteiger partial charge >= 0.3 is 0 Å². The molecule has 0 N–H and O–H groups in total. The molecular weight excluding hydrogens is 416 g/mol. The quantitative estimate of drug-likeness (QED) is 0.318. The highest BCUT2D eigenvalue weighted by atomic mass is 32.1. The highest BCUT2D eigenvalue weighted by molar-refractivity contribution is 7.10. The van der Waals surface area contributed by atoms with Gasteiger partial charge in [0.05, 0.1) is 28.3 Å². The molecule has 0 spiro atoms. The molecule has 3 heterocycles. The van der Waals surface area contributed by atoms with Crippen LogP contribution in [0.25, 0.3) is 22.5 Å². The van der Waals surface area contributed by atoms with Gasteiger partial charge in [0.1, 0.15) is 0 Å². The minimum atomic E-state index is 0.0731. The lowest BCUT2D eigenvalue weighted by molar-refractivity contribution is 0.0982. The first-order chi connectivity index (χ1) is 15.4. The molecule has 0 saturated heterocycles. The molecule has 0 unspecified atom stereocenters. The van der Waals surface area contributed by atoms with E-state index in [1.165, 1.54) is 4.88 Å². The van der Waals surface area contributed by atoms with E-state index in [2.05, 4.69) is 40.1 Å². The Morgan fingerprint density at radius 1 is 0.969 bits per heavy atom. The van der Waals surface area contributed by atoms with E-state index in [9.17, 15) is 4.79 Å². The SMILES string of the molecule is Cc1ccc(-c2cc(C(=O)CCc3ccc(C)nn3)cc(-c3ncsc3C(C)C)c2)nc1. The number of rotatable bonds is 7. The molecule has 4 rings (SSSR count). The lowest BCUT2D eigenvalue weighted by atomic mass is 9.95. The first-order valence-electron chi connectivity index (χ1n) is 10.7. The molecule has 0 aliphatic rings. The maximum Gasteiger partial charge on any atom is 0.163 e. The average molecular weight is 443 g/mol. The van der Waals surface area contributed by atoms with Gasteiger partial charge < -0.3 is 0 Å². The predicted molar refractivity (Wildman–Crippen MR) is 129 cm³/mol. The molecule has 4 aromatic rings. The molecule has 6 heteroatoms. The minimum absolute atomic E-state index is 0.0731. The molecule has 0 bridgehead atoms. The van der Waals surface area contributed by atoms with Crippen LogP contribution in [0.4, 0.5) is 0 Å². The summed E-state index contributed by atoms with van der Waals surface area (Å²) in [5.74, 6) is 0.432. The number of hydrogen-bond acceptors (Lipinski definition) is 6. The van der Waals surface area contributed by atoms with Crippen molar-refractivity contribution < 1.29 is 4.79 Å². The van der Waals surface area contributed by atoms with Crippen LogP contribution in [-0.4, -0.2) is 25.9 Å². The fourth-order valence-electron chi connectivity index (χ4n) is 3.54. The van der Waals surface area contributed by atoms with E-state index in [1.54, 1.807) is 11.3 Å². The van der Waals surface area contributed by atoms with E-state index in [4.69, 9.17) is 0 Å². The number of carbonyl (C=O) groups is 1. The van der Waals surface area contributed by atoms with Gasteiger partial charge in [-0.15, -0.1) is 11.3 Å². The fourth-order valence-corrected chi connectivity index (χ4v) is 4.37. The third-order valence-corrected chi connectivity index (χ3v) is 6.45. The predicted octanol–water partition coefficient (Wildman–Crippen LogP) is 6.22. The summed E-state index contributed by atoms with van der Waals surface area (Å²) in [7, 11) is 0. The largest absolute Gasteiger partial charge is 0.294 e. The normalized spacial score (nSPS) is 11.2. The molecule has 0 amide bonds. The van der Waals surface area contributed by atoms with Crippen LogP contribution in [0.2, 0.25) is 0 Å². The van der Waals surface area contributed by atoms with Gasteiger partial charge in [-0.2, -0.15) is 10.2 Å². The number of pyridine rings is 1. The number of Topliss-reactive ketones (excluding diaryl/α,β-unsaturated/α-hetero) is 1. The lowest BCUT2D eigenvalue weighted by Gasteiger charge is -2.11. The molecular formula is C26H26N4OS. The van der Waals surface area contributed by atoms with Gasteiger partial charge in [0.25, 0.3) is 0 Å². The summed E-state index contributed by atoms with van der Waals surface area (Å²) in [6.07, 6.45) is 2.78. The Morgan fingerprint density at radius 2 is 1.78 bits per heavy atom. The van der Waals surface area contributed by atoms with E-state index in [0.29, 0.717) is 24.3 Å². The first-order valence-corrected chi connectivity index (χ1v) is 11.6. The first kappa shape index (κ1) is 22.0. The fraction of sp³-hybridized carbons (Fsp3) is 0.269. The maximum atomic E-state index is 13.2. The van der Waals surface area contributed by atoms with Crippen LogP contribution >= 0.6 is 11.3 Å². The molecule has 0 fully saturated rings. The van der Waals surface area contributed by atoms with Gasteiger partial charge in [-0.3, -0.25) is 9.78 Å². The number of ketones is 1. The van der Waals surface area contributed by atoms with Crippen molar-refractivity contribution in [3.8, 4) is 22.5 Å². The third-order valence-electron chi connectivity index (χ3n) is 5.32. The summed E-state index contributed by atoms with van der Waals surface area (Å²) >= 11 is 1.65. The zero-order valence-corrected chi connectivity index (χ0v) is 19.6. The standard InChI is InChI=1S/C26H26N4OS/c1-16(2)26-25(28-15-32-26)21-12-19(23-9-5-17(3)14-27-23)11-20(13-21)24(31)10-8-22-7-6-18(4)29-30-22/h5-7,9,11-16H,8,10H2,1-4H3. The molecule has 0 aliphatic heterocycles. The monoisotopic (exact) mass is 442 g/mol. The van der Waals surface area contributed by atoms with Crippen molar-refractivity contribution in [2.24, 2.45) is 0 Å². The van der Waals surface area contributed by atoms with E-state index >= 15 is 0 Å². The van der Waals surface area contributed by atoms with Crippen molar-refractivity contribution in [2.45, 2.75) is 46.5 Å². The van der Waals surface area contributed by atoms with Crippen molar-refractivity contribution in [1.82, 2.24) is 20.2 Å². The second-order valence-electron chi connectivity index (χ2n) is 8.33. The summed E-state index contributed by atoms with van der Waals surface area (Å²) < 4.78 is 0. The summed E-state index contributed by atoms with van der Waals surface area (Å²) in [6, 6.07) is 13.9. The Hall–Kier alpha value is -3.25. The minimum Gasteiger partial charge on any atom is -0.294 e. The Morgan fingerprint density at radius 3 is 2.47 bits per heavy atom. The van der Waals surface area contributed by atoms with Crippen LogP contribution < -0.4 is 0 Å². The van der Waals surface area contributed by atoms with Gasteiger partial charge in [-0.05, 0) is 68.1 Å². The molecule has 0 atom stereocenters. The van der Waals surface area contributed by atoms with E-state index in [0.717, 1.165) is 39.5 Å². The zero-order valence-electron chi connectivity index (χ0n) is 18.8. The van der Waals surface area contributed by atoms with Crippen LogP contribution in [0.1, 0.15) is 58.4 Å². The Kier molecular flexibility index (Phi) is 6.51. The number of thiazole rings is 1. The smallest absolute Gasteiger partial charge is 0.163 e. The molecule has 162 valence electrons. The zero-order chi connectivity index (χ0) is 22.7. The van der Waals surface area contributed by atoms with Gasteiger partial charge in [0, 0.05) is 34.2 Å². The topological polar surface area (TPSA) is 68.6 Å². The van der Waals surface area contributed by atoms with Gasteiger partial charge in [-0.25, -0.2) is 4.98 Å². The highest BCUT2D eigenvalue weighted by Gasteiger charge is 2.17. The number of hydrogen-bond donors (Lipinski definition) is 0. The second kappa shape index (κ2) is 9.49. The maximum absolute atomic E-state index is 13.2. The molecule has 32 heavy (non-hydrogen) atoms. The number of benzene rings is 1. The molecule has 5 nitrogen and oxygen atoms in total.